The molecule has 3 saturated carbocycles. The Kier molecular flexibility index (Phi) is 2.23. The van der Waals surface area contributed by atoms with Crippen molar-refractivity contribution in [2.24, 2.45) is 17.3 Å². The zero-order valence-corrected chi connectivity index (χ0v) is 10.4. The van der Waals surface area contributed by atoms with E-state index in [9.17, 15) is 0 Å². The van der Waals surface area contributed by atoms with Crippen LogP contribution in [-0.4, -0.2) is 11.6 Å². The van der Waals surface area contributed by atoms with Crippen LogP contribution in [0.1, 0.15) is 53.9 Å². The monoisotopic (exact) mass is 195 g/mol. The number of hydrogen-bond donors (Lipinski definition) is 1. The molecule has 0 aliphatic heterocycles. The minimum Gasteiger partial charge on any atom is -0.309 e. The Morgan fingerprint density at radius 3 is 2.29 bits per heavy atom. The number of rotatable bonds is 2. The van der Waals surface area contributed by atoms with Gasteiger partial charge in [0.25, 0.3) is 0 Å². The molecule has 0 aromatic carbocycles. The Morgan fingerprint density at radius 1 is 1.21 bits per heavy atom. The van der Waals surface area contributed by atoms with Gasteiger partial charge in [0.05, 0.1) is 0 Å². The lowest BCUT2D eigenvalue weighted by molar-refractivity contribution is -0.125. The van der Waals surface area contributed by atoms with Crippen molar-refractivity contribution < 1.29 is 0 Å². The van der Waals surface area contributed by atoms with Gasteiger partial charge in [0, 0.05) is 11.6 Å². The second kappa shape index (κ2) is 2.98. The molecule has 3 fully saturated rings. The largest absolute Gasteiger partial charge is 0.309 e. The summed E-state index contributed by atoms with van der Waals surface area (Å²) < 4.78 is 0. The van der Waals surface area contributed by atoms with E-state index >= 15 is 0 Å². The second-order valence-corrected chi connectivity index (χ2v) is 6.56. The highest BCUT2D eigenvalue weighted by molar-refractivity contribution is 5.12. The SMILES string of the molecule is CC(C)NC1(C)CCC2CC1C2(C)C. The highest BCUT2D eigenvalue weighted by Crippen LogP contribution is 2.62. The first kappa shape index (κ1) is 10.5. The molecule has 14 heavy (non-hydrogen) atoms. The van der Waals surface area contributed by atoms with Crippen LogP contribution < -0.4 is 5.32 Å². The zero-order chi connectivity index (χ0) is 10.6. The van der Waals surface area contributed by atoms with Gasteiger partial charge in [-0.15, -0.1) is 0 Å². The lowest BCUT2D eigenvalue weighted by Gasteiger charge is -2.65. The Labute approximate surface area is 88.7 Å². The predicted molar refractivity (Wildman–Crippen MR) is 61.3 cm³/mol. The van der Waals surface area contributed by atoms with E-state index in [0.29, 0.717) is 17.0 Å². The summed E-state index contributed by atoms with van der Waals surface area (Å²) in [7, 11) is 0. The maximum Gasteiger partial charge on any atom is 0.0189 e. The van der Waals surface area contributed by atoms with Gasteiger partial charge < -0.3 is 5.32 Å². The zero-order valence-electron chi connectivity index (χ0n) is 10.4. The van der Waals surface area contributed by atoms with Crippen LogP contribution in [0.3, 0.4) is 0 Å². The van der Waals surface area contributed by atoms with Crippen molar-refractivity contribution in [3.8, 4) is 0 Å². The summed E-state index contributed by atoms with van der Waals surface area (Å²) in [6.45, 7) is 11.9. The molecule has 0 amide bonds. The van der Waals surface area contributed by atoms with Gasteiger partial charge in [-0.1, -0.05) is 27.7 Å². The molecule has 0 spiro atoms. The summed E-state index contributed by atoms with van der Waals surface area (Å²) in [5, 5.41) is 3.80. The minimum atomic E-state index is 0.409. The second-order valence-electron chi connectivity index (χ2n) is 6.56. The first-order valence-electron chi connectivity index (χ1n) is 6.14. The van der Waals surface area contributed by atoms with Crippen molar-refractivity contribution in [3.63, 3.8) is 0 Å². The molecule has 3 atom stereocenters. The highest BCUT2D eigenvalue weighted by atomic mass is 15.0. The summed E-state index contributed by atoms with van der Waals surface area (Å²) in [4.78, 5) is 0. The first-order valence-corrected chi connectivity index (χ1v) is 6.14. The molecule has 3 aliphatic rings. The quantitative estimate of drug-likeness (QED) is 0.713. The molecule has 1 heteroatoms. The maximum atomic E-state index is 3.80. The Balaban J connectivity index is 2.13. The van der Waals surface area contributed by atoms with E-state index in [1.165, 1.54) is 19.3 Å². The van der Waals surface area contributed by atoms with Crippen LogP contribution in [0.5, 0.6) is 0 Å². The third kappa shape index (κ3) is 1.32. The lowest BCUT2D eigenvalue weighted by atomic mass is 9.43. The van der Waals surface area contributed by atoms with E-state index < -0.39 is 0 Å². The fourth-order valence-corrected chi connectivity index (χ4v) is 4.07. The summed E-state index contributed by atoms with van der Waals surface area (Å²) in [6.07, 6.45) is 4.27. The van der Waals surface area contributed by atoms with E-state index in [2.05, 4.69) is 39.9 Å². The molecule has 3 rings (SSSR count). The number of hydrogen-bond acceptors (Lipinski definition) is 1. The van der Waals surface area contributed by atoms with Crippen molar-refractivity contribution in [2.45, 2.75) is 65.5 Å². The fourth-order valence-electron chi connectivity index (χ4n) is 4.07. The molecule has 82 valence electrons. The average Bonchev–Trinajstić information content (AvgIpc) is 2.00. The predicted octanol–water partition coefficient (Wildman–Crippen LogP) is 3.20. The van der Waals surface area contributed by atoms with E-state index in [1.807, 2.05) is 0 Å². The average molecular weight is 195 g/mol. The Bertz CT molecular complexity index is 229. The summed E-state index contributed by atoms with van der Waals surface area (Å²) >= 11 is 0. The molecule has 0 heterocycles. The van der Waals surface area contributed by atoms with Crippen molar-refractivity contribution >= 4 is 0 Å². The topological polar surface area (TPSA) is 12.0 Å². The molecule has 0 aromatic rings. The molecule has 3 unspecified atom stereocenters. The van der Waals surface area contributed by atoms with Crippen LogP contribution in [0.25, 0.3) is 0 Å². The normalized spacial score (nSPS) is 45.0. The van der Waals surface area contributed by atoms with Crippen LogP contribution in [-0.2, 0) is 0 Å². The molecular formula is C13H25N. The third-order valence-corrected chi connectivity index (χ3v) is 4.87. The lowest BCUT2D eigenvalue weighted by Crippen LogP contribution is -2.66. The van der Waals surface area contributed by atoms with Crippen molar-refractivity contribution in [1.82, 2.24) is 5.32 Å². The van der Waals surface area contributed by atoms with Crippen molar-refractivity contribution in [2.75, 3.05) is 0 Å². The van der Waals surface area contributed by atoms with Gasteiger partial charge in [0.15, 0.2) is 0 Å². The highest BCUT2D eigenvalue weighted by Gasteiger charge is 2.59. The molecule has 2 bridgehead atoms. The number of fused-ring (bicyclic) bond motifs is 2. The van der Waals surface area contributed by atoms with E-state index in [-0.39, 0.29) is 0 Å². The molecule has 1 N–H and O–H groups in total. The Morgan fingerprint density at radius 2 is 1.86 bits per heavy atom. The van der Waals surface area contributed by atoms with Gasteiger partial charge in [0.1, 0.15) is 0 Å². The summed E-state index contributed by atoms with van der Waals surface area (Å²) in [5.74, 6) is 1.91. The minimum absolute atomic E-state index is 0.409. The molecule has 0 saturated heterocycles. The van der Waals surface area contributed by atoms with Gasteiger partial charge in [-0.25, -0.2) is 0 Å². The standard InChI is InChI=1S/C13H25N/c1-9(2)14-13(5)7-6-10-8-11(13)12(10,3)4/h9-11,14H,6-8H2,1-5H3. The fraction of sp³-hybridized carbons (Fsp3) is 1.00. The molecular weight excluding hydrogens is 170 g/mol. The molecule has 1 nitrogen and oxygen atoms in total. The van der Waals surface area contributed by atoms with Crippen molar-refractivity contribution in [3.05, 3.63) is 0 Å². The first-order chi connectivity index (χ1) is 6.36. The van der Waals surface area contributed by atoms with Crippen LogP contribution in [0.15, 0.2) is 0 Å². The maximum absolute atomic E-state index is 3.80. The Hall–Kier alpha value is -0.0400. The molecule has 3 aliphatic carbocycles. The van der Waals surface area contributed by atoms with Crippen LogP contribution in [0, 0.1) is 17.3 Å². The van der Waals surface area contributed by atoms with E-state index in [0.717, 1.165) is 11.8 Å². The van der Waals surface area contributed by atoms with Crippen LogP contribution >= 0.6 is 0 Å². The van der Waals surface area contributed by atoms with Gasteiger partial charge in [-0.2, -0.15) is 0 Å². The summed E-state index contributed by atoms with van der Waals surface area (Å²) in [6, 6.07) is 0.618. The van der Waals surface area contributed by atoms with Crippen LogP contribution in [0.4, 0.5) is 0 Å². The van der Waals surface area contributed by atoms with E-state index in [1.54, 1.807) is 0 Å². The van der Waals surface area contributed by atoms with Crippen LogP contribution in [0.2, 0.25) is 0 Å². The van der Waals surface area contributed by atoms with Gasteiger partial charge in [-0.3, -0.25) is 0 Å². The van der Waals surface area contributed by atoms with Gasteiger partial charge in [0.2, 0.25) is 0 Å². The third-order valence-electron chi connectivity index (χ3n) is 4.87. The van der Waals surface area contributed by atoms with Gasteiger partial charge >= 0.3 is 0 Å². The van der Waals surface area contributed by atoms with Crippen molar-refractivity contribution in [1.29, 1.82) is 0 Å². The number of nitrogens with one attached hydrogen (secondary N) is 1. The summed E-state index contributed by atoms with van der Waals surface area (Å²) in [5.41, 5.74) is 1.00. The molecule has 0 radical (unpaired) electrons. The molecule has 0 aromatic heterocycles. The van der Waals surface area contributed by atoms with E-state index in [4.69, 9.17) is 0 Å². The smallest absolute Gasteiger partial charge is 0.0189 e. The van der Waals surface area contributed by atoms with Gasteiger partial charge in [-0.05, 0) is 43.4 Å².